The second-order valence-corrected chi connectivity index (χ2v) is 9.99. The van der Waals surface area contributed by atoms with Crippen LogP contribution in [-0.4, -0.2) is 18.8 Å². The minimum Gasteiger partial charge on any atom is -0.287 e. The van der Waals surface area contributed by atoms with E-state index >= 15 is 0 Å². The summed E-state index contributed by atoms with van der Waals surface area (Å²) < 4.78 is 2.11. The lowest BCUT2D eigenvalue weighted by Gasteiger charge is -2.04. The van der Waals surface area contributed by atoms with Crippen LogP contribution in [0.1, 0.15) is 76.3 Å². The molecule has 0 bridgehead atoms. The van der Waals surface area contributed by atoms with Crippen molar-refractivity contribution in [1.29, 1.82) is 10.8 Å². The van der Waals surface area contributed by atoms with Crippen molar-refractivity contribution in [3.8, 4) is 0 Å². The van der Waals surface area contributed by atoms with Crippen LogP contribution in [0.4, 0.5) is 0 Å². The summed E-state index contributed by atoms with van der Waals surface area (Å²) in [6.45, 7) is 4.20. The zero-order valence-electron chi connectivity index (χ0n) is 21.6. The predicted octanol–water partition coefficient (Wildman–Crippen LogP) is 2.25. The molecule has 0 fully saturated rings. The Kier molecular flexibility index (Phi) is 6.73. The molecule has 0 unspecified atom stereocenters. The number of nitrogens with zero attached hydrogens (tertiary/aromatic N) is 4. The second-order valence-electron chi connectivity index (χ2n) is 9.99. The van der Waals surface area contributed by atoms with E-state index in [9.17, 15) is 19.2 Å². The van der Waals surface area contributed by atoms with Crippen LogP contribution < -0.4 is 33.0 Å². The van der Waals surface area contributed by atoms with Crippen molar-refractivity contribution in [2.24, 2.45) is 0 Å². The van der Waals surface area contributed by atoms with Crippen molar-refractivity contribution in [2.75, 3.05) is 0 Å². The largest absolute Gasteiger partial charge is 0.287 e. The van der Waals surface area contributed by atoms with Gasteiger partial charge in [-0.05, 0) is 48.9 Å². The number of benzene rings is 1. The fourth-order valence-corrected chi connectivity index (χ4v) is 5.34. The van der Waals surface area contributed by atoms with Gasteiger partial charge < -0.3 is 0 Å². The van der Waals surface area contributed by atoms with Crippen molar-refractivity contribution in [3.05, 3.63) is 75.4 Å². The van der Waals surface area contributed by atoms with E-state index in [0.717, 1.165) is 60.2 Å². The Balaban J connectivity index is 1.78. The molecule has 0 spiro atoms. The monoisotopic (exact) mass is 514 g/mol. The lowest BCUT2D eigenvalue weighted by molar-refractivity contribution is 0.633. The molecule has 5 aromatic rings. The first-order valence-corrected chi connectivity index (χ1v) is 13.3. The highest BCUT2D eigenvalue weighted by Crippen LogP contribution is 2.15. The molecule has 10 heteroatoms. The number of nitrogens with one attached hydrogen (secondary N) is 2. The topological polar surface area (TPSA) is 151 Å². The van der Waals surface area contributed by atoms with Gasteiger partial charge in [0.1, 0.15) is 44.1 Å². The smallest absolute Gasteiger partial charge is 0.271 e. The van der Waals surface area contributed by atoms with Gasteiger partial charge in [-0.2, -0.15) is 0 Å². The summed E-state index contributed by atoms with van der Waals surface area (Å²) in [4.78, 5) is 62.8. The zero-order valence-corrected chi connectivity index (χ0v) is 21.6. The number of hydrogen-bond donors (Lipinski definition) is 2. The minimum absolute atomic E-state index is 0.105. The van der Waals surface area contributed by atoms with Crippen LogP contribution in [0, 0.1) is 10.8 Å². The predicted molar refractivity (Wildman–Crippen MR) is 145 cm³/mol. The molecule has 0 aliphatic rings. The fourth-order valence-electron chi connectivity index (χ4n) is 5.34. The van der Waals surface area contributed by atoms with Crippen LogP contribution in [0.2, 0.25) is 0 Å². The molecule has 0 saturated heterocycles. The van der Waals surface area contributed by atoms with Gasteiger partial charge in [-0.15, -0.1) is 0 Å². The van der Waals surface area contributed by atoms with Crippen LogP contribution in [0.25, 0.3) is 33.1 Å². The Morgan fingerprint density at radius 2 is 1.03 bits per heavy atom. The van der Waals surface area contributed by atoms with Crippen LogP contribution >= 0.6 is 0 Å². The van der Waals surface area contributed by atoms with Gasteiger partial charge >= 0.3 is 0 Å². The molecule has 0 radical (unpaired) electrons. The average molecular weight is 515 g/mol. The van der Waals surface area contributed by atoms with Gasteiger partial charge in [-0.1, -0.05) is 52.4 Å². The van der Waals surface area contributed by atoms with Crippen LogP contribution in [0.3, 0.4) is 0 Å². The SMILES string of the molecule is CCCCCCCc1cc(=N)n2c(=O)c3c(=O)c4nc5c(CCCCC)cc(=N)n5c(=O)c4c(=O)c3nc12. The maximum absolute atomic E-state index is 13.6. The van der Waals surface area contributed by atoms with E-state index in [2.05, 4.69) is 23.8 Å². The summed E-state index contributed by atoms with van der Waals surface area (Å²) in [6, 6.07) is 3.08. The molecule has 0 atom stereocenters. The molecule has 196 valence electrons. The Morgan fingerprint density at radius 3 is 1.47 bits per heavy atom. The quantitative estimate of drug-likeness (QED) is 0.215. The second kappa shape index (κ2) is 10.00. The minimum atomic E-state index is -0.852. The van der Waals surface area contributed by atoms with Crippen molar-refractivity contribution < 1.29 is 0 Å². The summed E-state index contributed by atoms with van der Waals surface area (Å²) in [5.41, 5.74) is -2.66. The van der Waals surface area contributed by atoms with Crippen LogP contribution in [0.15, 0.2) is 31.3 Å². The van der Waals surface area contributed by atoms with Crippen molar-refractivity contribution in [3.63, 3.8) is 0 Å². The maximum Gasteiger partial charge on any atom is 0.271 e. The summed E-state index contributed by atoms with van der Waals surface area (Å²) in [6.07, 6.45) is 9.09. The van der Waals surface area contributed by atoms with Gasteiger partial charge in [0.2, 0.25) is 10.9 Å². The maximum atomic E-state index is 13.6. The van der Waals surface area contributed by atoms with E-state index in [4.69, 9.17) is 10.8 Å². The molecular weight excluding hydrogens is 484 g/mol. The highest BCUT2D eigenvalue weighted by atomic mass is 16.2. The van der Waals surface area contributed by atoms with E-state index in [-0.39, 0.29) is 33.3 Å². The molecule has 1 aromatic carbocycles. The zero-order chi connectivity index (χ0) is 27.1. The summed E-state index contributed by atoms with van der Waals surface area (Å²) >= 11 is 0. The Morgan fingerprint density at radius 1 is 0.632 bits per heavy atom. The molecule has 0 saturated carbocycles. The van der Waals surface area contributed by atoms with E-state index in [1.165, 1.54) is 6.07 Å². The first-order valence-electron chi connectivity index (χ1n) is 13.3. The Hall–Kier alpha value is -4.08. The van der Waals surface area contributed by atoms with E-state index in [1.807, 2.05) is 0 Å². The van der Waals surface area contributed by atoms with Gasteiger partial charge in [0, 0.05) is 0 Å². The third-order valence-electron chi connectivity index (χ3n) is 7.33. The number of rotatable bonds is 10. The van der Waals surface area contributed by atoms with Gasteiger partial charge in [0.15, 0.2) is 0 Å². The molecule has 0 amide bonds. The first-order chi connectivity index (χ1) is 18.3. The van der Waals surface area contributed by atoms with Gasteiger partial charge in [-0.3, -0.25) is 30.0 Å². The number of unbranched alkanes of at least 4 members (excludes halogenated alkanes) is 6. The Labute approximate surface area is 216 Å². The van der Waals surface area contributed by atoms with Crippen molar-refractivity contribution in [2.45, 2.75) is 78.1 Å². The molecule has 4 aromatic heterocycles. The van der Waals surface area contributed by atoms with Crippen molar-refractivity contribution >= 4 is 33.1 Å². The molecule has 0 aliphatic heterocycles. The summed E-state index contributed by atoms with van der Waals surface area (Å²) in [5.74, 6) is 0. The number of aryl methyl sites for hydroxylation is 2. The lowest BCUT2D eigenvalue weighted by Crippen LogP contribution is -2.34. The number of aromatic nitrogens is 4. The first kappa shape index (κ1) is 25.6. The van der Waals surface area contributed by atoms with Gasteiger partial charge in [-0.25, -0.2) is 18.8 Å². The van der Waals surface area contributed by atoms with Crippen LogP contribution in [0.5, 0.6) is 0 Å². The molecule has 0 aliphatic carbocycles. The van der Waals surface area contributed by atoms with E-state index < -0.39 is 32.7 Å². The van der Waals surface area contributed by atoms with Crippen LogP contribution in [-0.2, 0) is 12.8 Å². The van der Waals surface area contributed by atoms with Crippen molar-refractivity contribution in [1.82, 2.24) is 18.8 Å². The van der Waals surface area contributed by atoms with E-state index in [0.29, 0.717) is 24.0 Å². The molecule has 10 nitrogen and oxygen atoms in total. The normalized spacial score (nSPS) is 12.1. The third-order valence-corrected chi connectivity index (χ3v) is 7.33. The molecule has 4 heterocycles. The Bertz CT molecular complexity index is 2030. The van der Waals surface area contributed by atoms with Gasteiger partial charge in [0.25, 0.3) is 11.1 Å². The highest BCUT2D eigenvalue weighted by molar-refractivity contribution is 5.95. The summed E-state index contributed by atoms with van der Waals surface area (Å²) in [7, 11) is 0. The average Bonchev–Trinajstić information content (AvgIpc) is 3.38. The van der Waals surface area contributed by atoms with E-state index in [1.54, 1.807) is 6.07 Å². The molecule has 38 heavy (non-hydrogen) atoms. The number of fused-ring (bicyclic) bond motifs is 4. The fraction of sp³-hybridized carbons (Fsp3) is 0.429. The van der Waals surface area contributed by atoms with Gasteiger partial charge in [0.05, 0.1) is 0 Å². The molecule has 2 N–H and O–H groups in total. The highest BCUT2D eigenvalue weighted by Gasteiger charge is 2.24. The third kappa shape index (κ3) is 3.95. The molecular formula is C28H30N6O4. The molecule has 5 rings (SSSR count). The standard InChI is InChI=1S/C28H30N6O4/c1-3-5-7-8-10-12-16-14-18(30)34-26(16)32-22-20(28(34)38)23(35)21-19(24(22)36)27(37)33-17(29)13-15(25(33)31-21)11-9-6-4-2/h13-14,29-30H,3-12H2,1-2H3. The number of hydrogen-bond acceptors (Lipinski definition) is 8. The lowest BCUT2D eigenvalue weighted by atomic mass is 10.1. The summed E-state index contributed by atoms with van der Waals surface area (Å²) in [5, 5.41) is 15.7.